The summed E-state index contributed by atoms with van der Waals surface area (Å²) in [6, 6.07) is 50.9. The van der Waals surface area contributed by atoms with Crippen LogP contribution < -0.4 is 0 Å². The van der Waals surface area contributed by atoms with E-state index >= 15 is 0 Å². The first-order valence-electron chi connectivity index (χ1n) is 14.5. The van der Waals surface area contributed by atoms with Crippen molar-refractivity contribution < 1.29 is 0 Å². The summed E-state index contributed by atoms with van der Waals surface area (Å²) in [5, 5.41) is 9.41. The molecule has 43 heavy (non-hydrogen) atoms. The van der Waals surface area contributed by atoms with Gasteiger partial charge in [-0.25, -0.2) is 4.98 Å². The first-order chi connectivity index (χ1) is 21.3. The Morgan fingerprint density at radius 3 is 1.72 bits per heavy atom. The van der Waals surface area contributed by atoms with Gasteiger partial charge < -0.3 is 0 Å². The Morgan fingerprint density at radius 2 is 0.977 bits per heavy atom. The van der Waals surface area contributed by atoms with Crippen molar-refractivity contribution in [1.29, 1.82) is 0 Å². The molecular weight excluding hydrogens is 524 g/mol. The fraction of sp³-hybridized carbons (Fsp3) is 0. The zero-order valence-electron chi connectivity index (χ0n) is 23.1. The van der Waals surface area contributed by atoms with E-state index in [1.165, 1.54) is 32.3 Å². The minimum absolute atomic E-state index is 0.600. The first-order valence-corrected chi connectivity index (χ1v) is 14.5. The Bertz CT molecular complexity index is 2460. The summed E-state index contributed by atoms with van der Waals surface area (Å²) in [5.41, 5.74) is 4.07. The van der Waals surface area contributed by atoms with Crippen molar-refractivity contribution in [2.75, 3.05) is 0 Å². The average Bonchev–Trinajstić information content (AvgIpc) is 3.42. The number of rotatable bonds is 3. The van der Waals surface area contributed by atoms with Gasteiger partial charge in [0.05, 0.1) is 11.0 Å². The molecule has 9 rings (SSSR count). The van der Waals surface area contributed by atoms with Crippen LogP contribution in [0.4, 0.5) is 0 Å². The van der Waals surface area contributed by atoms with Crippen LogP contribution in [0.5, 0.6) is 0 Å². The molecule has 4 nitrogen and oxygen atoms in total. The minimum Gasteiger partial charge on any atom is -0.278 e. The molecule has 4 heteroatoms. The Hall–Kier alpha value is -5.87. The summed E-state index contributed by atoms with van der Waals surface area (Å²) in [6.45, 7) is 0. The van der Waals surface area contributed by atoms with Gasteiger partial charge in [0.2, 0.25) is 5.95 Å². The molecule has 9 aromatic rings. The smallest absolute Gasteiger partial charge is 0.238 e. The van der Waals surface area contributed by atoms with E-state index in [1.54, 1.807) is 0 Å². The van der Waals surface area contributed by atoms with Gasteiger partial charge in [-0.15, -0.1) is 0 Å². The molecule has 0 saturated carbocycles. The van der Waals surface area contributed by atoms with Gasteiger partial charge in [0, 0.05) is 27.3 Å². The summed E-state index contributed by atoms with van der Waals surface area (Å²) >= 11 is 0. The van der Waals surface area contributed by atoms with E-state index in [0.29, 0.717) is 17.6 Å². The van der Waals surface area contributed by atoms with Crippen LogP contribution in [0.2, 0.25) is 0 Å². The van der Waals surface area contributed by atoms with Gasteiger partial charge in [0.25, 0.3) is 0 Å². The molecule has 0 fully saturated rings. The SMILES string of the molecule is c1ccc(-c2nc(-c3cc4ccccc4c4ccc5ccccc5c34)nc(-n3c4ccccc4c4ccccc43)n2)cc1. The summed E-state index contributed by atoms with van der Waals surface area (Å²) in [5.74, 6) is 1.89. The highest BCUT2D eigenvalue weighted by molar-refractivity contribution is 6.22. The molecule has 2 aromatic heterocycles. The van der Waals surface area contributed by atoms with Crippen LogP contribution in [-0.4, -0.2) is 19.5 Å². The minimum atomic E-state index is 0.600. The Morgan fingerprint density at radius 1 is 0.395 bits per heavy atom. The largest absolute Gasteiger partial charge is 0.278 e. The predicted molar refractivity (Wildman–Crippen MR) is 178 cm³/mol. The standard InChI is InChI=1S/C39H24N4/c1-2-13-26(14-3-1)37-40-38(42-39(41-37)43-34-20-10-8-18-30(34)31-19-9-11-21-35(31)43)33-24-27-15-5-6-16-28(27)32-23-22-25-12-4-7-17-29(25)36(32)33/h1-24H. The van der Waals surface area contributed by atoms with E-state index in [9.17, 15) is 0 Å². The molecular formula is C39H24N4. The lowest BCUT2D eigenvalue weighted by Gasteiger charge is -2.15. The normalized spacial score (nSPS) is 11.7. The number of nitrogens with zero attached hydrogens (tertiary/aromatic N) is 4. The van der Waals surface area contributed by atoms with Gasteiger partial charge >= 0.3 is 0 Å². The molecule has 0 aliphatic carbocycles. The van der Waals surface area contributed by atoms with Gasteiger partial charge in [-0.3, -0.25) is 4.57 Å². The predicted octanol–water partition coefficient (Wildman–Crippen LogP) is 9.76. The molecule has 0 atom stereocenters. The molecule has 200 valence electrons. The quantitative estimate of drug-likeness (QED) is 0.206. The highest BCUT2D eigenvalue weighted by atomic mass is 15.2. The van der Waals surface area contributed by atoms with E-state index in [0.717, 1.165) is 32.9 Å². The molecule has 0 radical (unpaired) electrons. The maximum Gasteiger partial charge on any atom is 0.238 e. The highest BCUT2D eigenvalue weighted by Gasteiger charge is 2.20. The van der Waals surface area contributed by atoms with E-state index in [1.807, 2.05) is 18.2 Å². The van der Waals surface area contributed by atoms with Crippen LogP contribution in [0, 0.1) is 0 Å². The molecule has 0 aliphatic rings. The van der Waals surface area contributed by atoms with Gasteiger partial charge in [0.15, 0.2) is 11.6 Å². The van der Waals surface area contributed by atoms with Crippen LogP contribution >= 0.6 is 0 Å². The van der Waals surface area contributed by atoms with Gasteiger partial charge in [-0.1, -0.05) is 127 Å². The van der Waals surface area contributed by atoms with Crippen molar-refractivity contribution in [2.45, 2.75) is 0 Å². The van der Waals surface area contributed by atoms with E-state index in [-0.39, 0.29) is 0 Å². The first kappa shape index (κ1) is 23.8. The van der Waals surface area contributed by atoms with Gasteiger partial charge in [-0.05, 0) is 45.1 Å². The average molecular weight is 549 g/mol. The van der Waals surface area contributed by atoms with Crippen LogP contribution in [0.15, 0.2) is 146 Å². The van der Waals surface area contributed by atoms with Crippen molar-refractivity contribution in [3.05, 3.63) is 146 Å². The zero-order chi connectivity index (χ0) is 28.3. The fourth-order valence-electron chi connectivity index (χ4n) is 6.50. The number of hydrogen-bond donors (Lipinski definition) is 0. The van der Waals surface area contributed by atoms with Gasteiger partial charge in [-0.2, -0.15) is 9.97 Å². The number of para-hydroxylation sites is 2. The van der Waals surface area contributed by atoms with E-state index in [2.05, 4.69) is 132 Å². The highest BCUT2D eigenvalue weighted by Crippen LogP contribution is 2.39. The second-order valence-electron chi connectivity index (χ2n) is 10.9. The van der Waals surface area contributed by atoms with Crippen LogP contribution in [0.3, 0.4) is 0 Å². The molecule has 0 N–H and O–H groups in total. The lowest BCUT2D eigenvalue weighted by atomic mass is 9.92. The number of benzene rings is 7. The number of fused-ring (bicyclic) bond motifs is 8. The Balaban J connectivity index is 1.44. The molecule has 0 amide bonds. The number of aromatic nitrogens is 4. The maximum atomic E-state index is 5.28. The maximum absolute atomic E-state index is 5.28. The van der Waals surface area contributed by atoms with Crippen molar-refractivity contribution in [3.63, 3.8) is 0 Å². The van der Waals surface area contributed by atoms with Crippen molar-refractivity contribution in [1.82, 2.24) is 19.5 Å². The van der Waals surface area contributed by atoms with Crippen LogP contribution in [0.25, 0.3) is 82.8 Å². The van der Waals surface area contributed by atoms with Crippen LogP contribution in [0.1, 0.15) is 0 Å². The second-order valence-corrected chi connectivity index (χ2v) is 10.9. The third kappa shape index (κ3) is 3.67. The molecule has 0 unspecified atom stereocenters. The zero-order valence-corrected chi connectivity index (χ0v) is 23.1. The summed E-state index contributed by atoms with van der Waals surface area (Å²) in [7, 11) is 0. The fourth-order valence-corrected chi connectivity index (χ4v) is 6.50. The molecule has 7 aromatic carbocycles. The molecule has 0 bridgehead atoms. The molecule has 2 heterocycles. The van der Waals surface area contributed by atoms with E-state index in [4.69, 9.17) is 15.0 Å². The molecule has 0 spiro atoms. The van der Waals surface area contributed by atoms with E-state index < -0.39 is 0 Å². The summed E-state index contributed by atoms with van der Waals surface area (Å²) in [6.07, 6.45) is 0. The monoisotopic (exact) mass is 548 g/mol. The molecule has 0 saturated heterocycles. The third-order valence-corrected chi connectivity index (χ3v) is 8.43. The lowest BCUT2D eigenvalue weighted by Crippen LogP contribution is -2.06. The van der Waals surface area contributed by atoms with Gasteiger partial charge in [0.1, 0.15) is 0 Å². The lowest BCUT2D eigenvalue weighted by molar-refractivity contribution is 0.954. The second kappa shape index (κ2) is 9.33. The Labute approximate surface area is 247 Å². The summed E-state index contributed by atoms with van der Waals surface area (Å²) < 4.78 is 2.17. The topological polar surface area (TPSA) is 43.6 Å². The molecule has 0 aliphatic heterocycles. The van der Waals surface area contributed by atoms with Crippen molar-refractivity contribution >= 4 is 54.1 Å². The van der Waals surface area contributed by atoms with Crippen molar-refractivity contribution in [3.8, 4) is 28.7 Å². The third-order valence-electron chi connectivity index (χ3n) is 8.43. The summed E-state index contributed by atoms with van der Waals surface area (Å²) in [4.78, 5) is 15.6. The number of hydrogen-bond acceptors (Lipinski definition) is 3. The Kier molecular flexibility index (Phi) is 5.16. The van der Waals surface area contributed by atoms with Crippen molar-refractivity contribution in [2.24, 2.45) is 0 Å². The van der Waals surface area contributed by atoms with Crippen LogP contribution in [-0.2, 0) is 0 Å².